The Morgan fingerprint density at radius 1 is 1.27 bits per heavy atom. The lowest BCUT2D eigenvalue weighted by molar-refractivity contribution is -0.0944. The summed E-state index contributed by atoms with van der Waals surface area (Å²) in [6.45, 7) is 6.08. The summed E-state index contributed by atoms with van der Waals surface area (Å²) >= 11 is 5.88. The fourth-order valence-corrected chi connectivity index (χ4v) is 3.07. The molecule has 1 fully saturated rings. The Morgan fingerprint density at radius 3 is 2.57 bits per heavy atom. The molecule has 3 N–H and O–H groups in total. The maximum atomic E-state index is 12.1. The van der Waals surface area contributed by atoms with E-state index in [1.165, 1.54) is 11.1 Å². The summed E-state index contributed by atoms with van der Waals surface area (Å²) in [5, 5.41) is 20.6. The van der Waals surface area contributed by atoms with Crippen molar-refractivity contribution < 1.29 is 19.4 Å². The average molecular weight is 436 g/mol. The van der Waals surface area contributed by atoms with E-state index >= 15 is 0 Å². The van der Waals surface area contributed by atoms with Crippen LogP contribution in [0.25, 0.3) is 0 Å². The third-order valence-corrected chi connectivity index (χ3v) is 4.60. The number of amides is 3. The highest BCUT2D eigenvalue weighted by Gasteiger charge is 2.45. The molecule has 1 saturated heterocycles. The number of β-amino-alcohol motifs (C(OH)–C–C–N with tert-alkyl or cyclic N) is 1. The van der Waals surface area contributed by atoms with Crippen LogP contribution in [0, 0.1) is 0 Å². The second-order valence-electron chi connectivity index (χ2n) is 8.42. The molecule has 10 heteroatoms. The van der Waals surface area contributed by atoms with Gasteiger partial charge in [0, 0.05) is 11.2 Å². The van der Waals surface area contributed by atoms with Crippen molar-refractivity contribution >= 4 is 29.4 Å². The van der Waals surface area contributed by atoms with Gasteiger partial charge in [-0.05, 0) is 38.5 Å². The first kappa shape index (κ1) is 21.9. The predicted molar refractivity (Wildman–Crippen MR) is 113 cm³/mol. The van der Waals surface area contributed by atoms with Gasteiger partial charge in [0.25, 0.3) is 0 Å². The van der Waals surface area contributed by atoms with Crippen LogP contribution in [-0.2, 0) is 11.3 Å². The molecule has 0 aliphatic carbocycles. The first-order valence-corrected chi connectivity index (χ1v) is 9.91. The minimum Gasteiger partial charge on any atom is -0.444 e. The van der Waals surface area contributed by atoms with Crippen LogP contribution in [0.2, 0.25) is 5.02 Å². The highest BCUT2D eigenvalue weighted by molar-refractivity contribution is 6.30. The number of ether oxygens (including phenoxy) is 1. The summed E-state index contributed by atoms with van der Waals surface area (Å²) < 4.78 is 6.94. The van der Waals surface area contributed by atoms with Crippen LogP contribution in [0.15, 0.2) is 36.7 Å². The van der Waals surface area contributed by atoms with Gasteiger partial charge in [-0.25, -0.2) is 9.59 Å². The van der Waals surface area contributed by atoms with Crippen LogP contribution in [-0.4, -0.2) is 62.7 Å². The zero-order chi connectivity index (χ0) is 21.9. The Labute approximate surface area is 179 Å². The van der Waals surface area contributed by atoms with E-state index in [1.54, 1.807) is 31.6 Å². The van der Waals surface area contributed by atoms with Gasteiger partial charge >= 0.3 is 12.1 Å². The first-order valence-electron chi connectivity index (χ1n) is 9.53. The van der Waals surface area contributed by atoms with Gasteiger partial charge in [0.05, 0.1) is 38.1 Å². The Kier molecular flexibility index (Phi) is 6.23. The molecule has 0 bridgehead atoms. The van der Waals surface area contributed by atoms with Crippen LogP contribution in [0.1, 0.15) is 26.3 Å². The van der Waals surface area contributed by atoms with Crippen LogP contribution in [0.4, 0.5) is 15.3 Å². The molecule has 30 heavy (non-hydrogen) atoms. The number of aliphatic hydroxyl groups is 1. The van der Waals surface area contributed by atoms with Crippen LogP contribution in [0.3, 0.4) is 0 Å². The van der Waals surface area contributed by atoms with Gasteiger partial charge in [-0.1, -0.05) is 23.7 Å². The lowest BCUT2D eigenvalue weighted by Crippen LogP contribution is -2.68. The largest absolute Gasteiger partial charge is 0.444 e. The number of aromatic nitrogens is 2. The summed E-state index contributed by atoms with van der Waals surface area (Å²) in [4.78, 5) is 25.4. The molecule has 1 aromatic carbocycles. The van der Waals surface area contributed by atoms with Gasteiger partial charge in [0.15, 0.2) is 0 Å². The third-order valence-electron chi connectivity index (χ3n) is 4.35. The van der Waals surface area contributed by atoms with Gasteiger partial charge in [-0.15, -0.1) is 0 Å². The number of likely N-dealkylation sites (tertiary alicyclic amines) is 1. The topological polar surface area (TPSA) is 109 Å². The molecule has 0 atom stereocenters. The molecule has 1 aliphatic rings. The summed E-state index contributed by atoms with van der Waals surface area (Å²) in [6, 6.07) is 6.96. The number of rotatable bonds is 5. The minimum absolute atomic E-state index is 0.0110. The van der Waals surface area contributed by atoms with E-state index in [9.17, 15) is 14.7 Å². The molecule has 9 nitrogen and oxygen atoms in total. The standard InChI is InChI=1S/C20H26ClN5O4/c1-19(2,3)30-18(28)25-12-20(29,13-25)11-22-17(27)24-16-8-23-26(10-16)9-14-4-6-15(21)7-5-14/h4-8,10,29H,9,11-13H2,1-3H3,(H2,22,24,27). The van der Waals surface area contributed by atoms with Crippen LogP contribution >= 0.6 is 11.6 Å². The molecule has 1 aromatic heterocycles. The quantitative estimate of drug-likeness (QED) is 0.669. The predicted octanol–water partition coefficient (Wildman–Crippen LogP) is 2.69. The van der Waals surface area contributed by atoms with Crippen molar-refractivity contribution in [1.82, 2.24) is 20.0 Å². The van der Waals surface area contributed by atoms with E-state index < -0.39 is 23.3 Å². The number of anilines is 1. The number of hydrogen-bond acceptors (Lipinski definition) is 5. The number of carbonyl (C=O) groups is 2. The van der Waals surface area contributed by atoms with E-state index in [0.29, 0.717) is 17.3 Å². The Morgan fingerprint density at radius 2 is 1.93 bits per heavy atom. The summed E-state index contributed by atoms with van der Waals surface area (Å²) in [5.41, 5.74) is -0.216. The molecule has 0 saturated carbocycles. The smallest absolute Gasteiger partial charge is 0.410 e. The molecule has 162 valence electrons. The fourth-order valence-electron chi connectivity index (χ4n) is 2.94. The second kappa shape index (κ2) is 8.53. The van der Waals surface area contributed by atoms with Gasteiger partial charge in [-0.2, -0.15) is 5.10 Å². The van der Waals surface area contributed by atoms with Gasteiger partial charge in [-0.3, -0.25) is 4.68 Å². The van der Waals surface area contributed by atoms with Gasteiger partial charge < -0.3 is 25.4 Å². The molecule has 2 heterocycles. The SMILES string of the molecule is CC(C)(C)OC(=O)N1CC(O)(CNC(=O)Nc2cnn(Cc3ccc(Cl)cc3)c2)C1. The molecular formula is C20H26ClN5O4. The minimum atomic E-state index is -1.17. The van der Waals surface area contributed by atoms with Crippen molar-refractivity contribution in [2.75, 3.05) is 25.0 Å². The van der Waals surface area contributed by atoms with Crippen LogP contribution < -0.4 is 10.6 Å². The Hall–Kier alpha value is -2.78. The summed E-state index contributed by atoms with van der Waals surface area (Å²) in [5.74, 6) is 0. The van der Waals surface area contributed by atoms with Gasteiger partial charge in [0.1, 0.15) is 11.2 Å². The zero-order valence-corrected chi connectivity index (χ0v) is 17.9. The van der Waals surface area contributed by atoms with Crippen LogP contribution in [0.5, 0.6) is 0 Å². The van der Waals surface area contributed by atoms with E-state index in [0.717, 1.165) is 5.56 Å². The van der Waals surface area contributed by atoms with E-state index in [4.69, 9.17) is 16.3 Å². The Bertz CT molecular complexity index is 901. The van der Waals surface area contributed by atoms with E-state index in [1.807, 2.05) is 24.3 Å². The maximum absolute atomic E-state index is 12.1. The molecule has 3 rings (SSSR count). The number of urea groups is 1. The van der Waals surface area contributed by atoms with Crippen molar-refractivity contribution in [2.24, 2.45) is 0 Å². The molecule has 0 spiro atoms. The molecular weight excluding hydrogens is 410 g/mol. The van der Waals surface area contributed by atoms with Crippen molar-refractivity contribution in [1.29, 1.82) is 0 Å². The molecule has 3 amide bonds. The van der Waals surface area contributed by atoms with E-state index in [2.05, 4.69) is 15.7 Å². The first-order chi connectivity index (χ1) is 14.0. The normalized spacial score (nSPS) is 15.3. The summed E-state index contributed by atoms with van der Waals surface area (Å²) in [7, 11) is 0. The maximum Gasteiger partial charge on any atom is 0.410 e. The highest BCUT2D eigenvalue weighted by Crippen LogP contribution is 2.23. The highest BCUT2D eigenvalue weighted by atomic mass is 35.5. The number of nitrogens with zero attached hydrogens (tertiary/aromatic N) is 3. The van der Waals surface area contributed by atoms with E-state index in [-0.39, 0.29) is 19.6 Å². The van der Waals surface area contributed by atoms with Crippen molar-refractivity contribution in [2.45, 2.75) is 38.5 Å². The number of benzene rings is 1. The molecule has 0 radical (unpaired) electrons. The Balaban J connectivity index is 1.42. The number of carbonyl (C=O) groups excluding carboxylic acids is 2. The monoisotopic (exact) mass is 435 g/mol. The van der Waals surface area contributed by atoms with Gasteiger partial charge in [0.2, 0.25) is 0 Å². The number of hydrogen-bond donors (Lipinski definition) is 3. The molecule has 0 unspecified atom stereocenters. The fraction of sp³-hybridized carbons (Fsp3) is 0.450. The third kappa shape index (κ3) is 6.11. The lowest BCUT2D eigenvalue weighted by Gasteiger charge is -2.46. The molecule has 1 aliphatic heterocycles. The molecule has 2 aromatic rings. The average Bonchev–Trinajstić information content (AvgIpc) is 3.05. The summed E-state index contributed by atoms with van der Waals surface area (Å²) in [6.07, 6.45) is 2.76. The number of halogens is 1. The lowest BCUT2D eigenvalue weighted by atomic mass is 9.95. The second-order valence-corrected chi connectivity index (χ2v) is 8.86. The van der Waals surface area contributed by atoms with Crippen molar-refractivity contribution in [3.63, 3.8) is 0 Å². The zero-order valence-electron chi connectivity index (χ0n) is 17.2. The number of nitrogens with one attached hydrogen (secondary N) is 2. The van der Waals surface area contributed by atoms with Crippen molar-refractivity contribution in [3.8, 4) is 0 Å². The van der Waals surface area contributed by atoms with Crippen molar-refractivity contribution in [3.05, 3.63) is 47.2 Å².